The topological polar surface area (TPSA) is 61.2 Å². The summed E-state index contributed by atoms with van der Waals surface area (Å²) < 4.78 is 46.1. The van der Waals surface area contributed by atoms with Crippen LogP contribution >= 0.6 is 0 Å². The molecule has 1 aromatic heterocycles. The zero-order chi connectivity index (χ0) is 17.9. The summed E-state index contributed by atoms with van der Waals surface area (Å²) >= 11 is 0. The van der Waals surface area contributed by atoms with Crippen LogP contribution in [-0.4, -0.2) is 28.1 Å². The van der Waals surface area contributed by atoms with E-state index >= 15 is 0 Å². The van der Waals surface area contributed by atoms with Crippen molar-refractivity contribution in [2.45, 2.75) is 26.4 Å². The van der Waals surface area contributed by atoms with Gasteiger partial charge in [-0.25, -0.2) is 9.48 Å². The number of ether oxygens (including phenoxy) is 1. The van der Waals surface area contributed by atoms with Crippen LogP contribution < -0.4 is 0 Å². The van der Waals surface area contributed by atoms with Crippen LogP contribution in [0.25, 0.3) is 5.69 Å². The summed E-state index contributed by atoms with van der Waals surface area (Å²) in [7, 11) is 0. The predicted octanol–water partition coefficient (Wildman–Crippen LogP) is 3.66. The molecule has 2 aromatic rings. The standard InChI is InChI=1S/C16H15F3N2O3/c1-3-11(22)12-13(15(23)24-4-2)20-21(14(12)16(17,18)19)10-8-6-5-7-9-10/h5-9H,3-4H2,1-2H3. The van der Waals surface area contributed by atoms with Crippen LogP contribution in [0, 0.1) is 0 Å². The Labute approximate surface area is 136 Å². The van der Waals surface area contributed by atoms with Crippen molar-refractivity contribution in [1.82, 2.24) is 9.78 Å². The first-order valence-corrected chi connectivity index (χ1v) is 7.27. The van der Waals surface area contributed by atoms with Crippen molar-refractivity contribution in [3.8, 4) is 5.69 Å². The molecule has 0 unspecified atom stereocenters. The van der Waals surface area contributed by atoms with E-state index in [1.54, 1.807) is 6.07 Å². The average molecular weight is 340 g/mol. The van der Waals surface area contributed by atoms with E-state index in [-0.39, 0.29) is 18.7 Å². The van der Waals surface area contributed by atoms with Gasteiger partial charge in [-0.2, -0.15) is 18.3 Å². The molecule has 1 heterocycles. The Morgan fingerprint density at radius 3 is 2.29 bits per heavy atom. The average Bonchev–Trinajstić information content (AvgIpc) is 2.96. The first-order chi connectivity index (χ1) is 11.3. The minimum atomic E-state index is -4.87. The minimum Gasteiger partial charge on any atom is -0.461 e. The lowest BCUT2D eigenvalue weighted by Gasteiger charge is -2.12. The quantitative estimate of drug-likeness (QED) is 0.616. The Morgan fingerprint density at radius 1 is 1.17 bits per heavy atom. The molecule has 0 atom stereocenters. The minimum absolute atomic E-state index is 0.0435. The second-order valence-corrected chi connectivity index (χ2v) is 4.81. The largest absolute Gasteiger partial charge is 0.461 e. The van der Waals surface area contributed by atoms with Crippen molar-refractivity contribution in [1.29, 1.82) is 0 Å². The summed E-state index contributed by atoms with van der Waals surface area (Å²) in [5.41, 5.74) is -2.57. The first kappa shape index (κ1) is 17.7. The molecule has 0 aliphatic rings. The van der Waals surface area contributed by atoms with Gasteiger partial charge in [-0.1, -0.05) is 25.1 Å². The number of rotatable bonds is 5. The number of Topliss-reactive ketones (excluding diaryl/α,β-unsaturated/α-hetero) is 1. The van der Waals surface area contributed by atoms with E-state index in [0.29, 0.717) is 4.68 Å². The molecule has 2 rings (SSSR count). The van der Waals surface area contributed by atoms with Crippen molar-refractivity contribution < 1.29 is 27.5 Å². The van der Waals surface area contributed by atoms with Crippen molar-refractivity contribution in [3.05, 3.63) is 47.3 Å². The molecule has 8 heteroatoms. The highest BCUT2D eigenvalue weighted by molar-refractivity contribution is 6.06. The summed E-state index contributed by atoms with van der Waals surface area (Å²) in [6.45, 7) is 2.88. The predicted molar refractivity (Wildman–Crippen MR) is 79.1 cm³/mol. The zero-order valence-corrected chi connectivity index (χ0v) is 13.1. The van der Waals surface area contributed by atoms with E-state index in [1.165, 1.54) is 38.1 Å². The summed E-state index contributed by atoms with van der Waals surface area (Å²) in [5.74, 6) is -1.89. The molecule has 0 amide bonds. The van der Waals surface area contributed by atoms with E-state index in [2.05, 4.69) is 5.10 Å². The number of para-hydroxylation sites is 1. The molecule has 0 saturated carbocycles. The van der Waals surface area contributed by atoms with Crippen LogP contribution in [0.2, 0.25) is 0 Å². The Kier molecular flexibility index (Phi) is 5.06. The number of carbonyl (C=O) groups is 2. The molecule has 0 fully saturated rings. The zero-order valence-electron chi connectivity index (χ0n) is 13.1. The number of halogens is 3. The molecule has 0 aliphatic carbocycles. The third-order valence-corrected chi connectivity index (χ3v) is 3.22. The fraction of sp³-hybridized carbons (Fsp3) is 0.312. The maximum absolute atomic E-state index is 13.6. The monoisotopic (exact) mass is 340 g/mol. The molecule has 0 aliphatic heterocycles. The van der Waals surface area contributed by atoms with Gasteiger partial charge in [0.1, 0.15) is 0 Å². The smallest absolute Gasteiger partial charge is 0.434 e. The lowest BCUT2D eigenvalue weighted by molar-refractivity contribution is -0.143. The number of benzene rings is 1. The number of esters is 1. The number of carbonyl (C=O) groups excluding carboxylic acids is 2. The summed E-state index contributed by atoms with van der Waals surface area (Å²) in [6.07, 6.45) is -5.07. The number of hydrogen-bond acceptors (Lipinski definition) is 4. The molecule has 1 aromatic carbocycles. The molecule has 24 heavy (non-hydrogen) atoms. The summed E-state index contributed by atoms with van der Waals surface area (Å²) in [5, 5.41) is 3.74. The number of alkyl halides is 3. The van der Waals surface area contributed by atoms with Gasteiger partial charge < -0.3 is 4.74 Å². The van der Waals surface area contributed by atoms with Gasteiger partial charge in [0.2, 0.25) is 0 Å². The van der Waals surface area contributed by atoms with Gasteiger partial charge in [0.15, 0.2) is 17.2 Å². The van der Waals surface area contributed by atoms with Gasteiger partial charge in [-0.3, -0.25) is 4.79 Å². The molecule has 0 radical (unpaired) electrons. The van der Waals surface area contributed by atoms with E-state index in [4.69, 9.17) is 4.74 Å². The molecule has 5 nitrogen and oxygen atoms in total. The van der Waals surface area contributed by atoms with E-state index in [0.717, 1.165) is 0 Å². The summed E-state index contributed by atoms with van der Waals surface area (Å²) in [4.78, 5) is 24.1. The highest BCUT2D eigenvalue weighted by atomic mass is 19.4. The molecule has 0 spiro atoms. The Balaban J connectivity index is 2.80. The van der Waals surface area contributed by atoms with Crippen molar-refractivity contribution in [3.63, 3.8) is 0 Å². The van der Waals surface area contributed by atoms with Gasteiger partial charge in [0, 0.05) is 6.42 Å². The SMILES string of the molecule is CCOC(=O)c1nn(-c2ccccc2)c(C(F)(F)F)c1C(=O)CC. The van der Waals surface area contributed by atoms with Crippen molar-refractivity contribution in [2.24, 2.45) is 0 Å². The maximum Gasteiger partial charge on any atom is 0.434 e. The third-order valence-electron chi connectivity index (χ3n) is 3.22. The third kappa shape index (κ3) is 3.32. The van der Waals surface area contributed by atoms with Gasteiger partial charge in [0.25, 0.3) is 0 Å². The van der Waals surface area contributed by atoms with Crippen LogP contribution in [0.1, 0.15) is 46.8 Å². The normalized spacial score (nSPS) is 11.4. The van der Waals surface area contributed by atoms with Gasteiger partial charge in [-0.05, 0) is 19.1 Å². The first-order valence-electron chi connectivity index (χ1n) is 7.27. The van der Waals surface area contributed by atoms with Crippen LogP contribution in [0.3, 0.4) is 0 Å². The highest BCUT2D eigenvalue weighted by Gasteiger charge is 2.43. The lowest BCUT2D eigenvalue weighted by Crippen LogP contribution is -2.18. The Hall–Kier alpha value is -2.64. The lowest BCUT2D eigenvalue weighted by atomic mass is 10.1. The molecule has 0 N–H and O–H groups in total. The second kappa shape index (κ2) is 6.86. The van der Waals surface area contributed by atoms with Crippen molar-refractivity contribution in [2.75, 3.05) is 6.61 Å². The second-order valence-electron chi connectivity index (χ2n) is 4.81. The fourth-order valence-corrected chi connectivity index (χ4v) is 2.22. The van der Waals surface area contributed by atoms with Crippen LogP contribution in [0.5, 0.6) is 0 Å². The summed E-state index contributed by atoms with van der Waals surface area (Å²) in [6, 6.07) is 7.49. The van der Waals surface area contributed by atoms with Crippen LogP contribution in [0.15, 0.2) is 30.3 Å². The molecule has 0 saturated heterocycles. The van der Waals surface area contributed by atoms with Crippen LogP contribution in [-0.2, 0) is 10.9 Å². The maximum atomic E-state index is 13.6. The number of ketones is 1. The molecule has 0 bridgehead atoms. The van der Waals surface area contributed by atoms with E-state index < -0.39 is 34.9 Å². The number of hydrogen-bond donors (Lipinski definition) is 0. The molecule has 128 valence electrons. The van der Waals surface area contributed by atoms with Crippen molar-refractivity contribution >= 4 is 11.8 Å². The van der Waals surface area contributed by atoms with E-state index in [9.17, 15) is 22.8 Å². The fourth-order valence-electron chi connectivity index (χ4n) is 2.22. The van der Waals surface area contributed by atoms with E-state index in [1.807, 2.05) is 0 Å². The molecular weight excluding hydrogens is 325 g/mol. The Bertz CT molecular complexity index is 752. The van der Waals surface area contributed by atoms with Gasteiger partial charge >= 0.3 is 12.1 Å². The number of aromatic nitrogens is 2. The Morgan fingerprint density at radius 2 is 1.79 bits per heavy atom. The highest BCUT2D eigenvalue weighted by Crippen LogP contribution is 2.36. The van der Waals surface area contributed by atoms with Gasteiger partial charge in [0.05, 0.1) is 17.9 Å². The molecular formula is C16H15F3N2O3. The number of nitrogens with zero attached hydrogens (tertiary/aromatic N) is 2. The van der Waals surface area contributed by atoms with Crippen LogP contribution in [0.4, 0.5) is 13.2 Å². The van der Waals surface area contributed by atoms with Gasteiger partial charge in [-0.15, -0.1) is 0 Å².